The van der Waals surface area contributed by atoms with Crippen LogP contribution in [0.5, 0.6) is 5.75 Å². The number of nitrogens with one attached hydrogen (secondary N) is 1. The van der Waals surface area contributed by atoms with Crippen LogP contribution in [0.4, 0.5) is 18.9 Å². The number of amides is 2. The summed E-state index contributed by atoms with van der Waals surface area (Å²) in [7, 11) is 1.34. The SMILES string of the molecule is COc1ccc([N+](=O)[O-])cc1C[C@@H](NC(=O)Cc1ccc(C(F)(F)F)cc1)C(N)=O. The van der Waals surface area contributed by atoms with Gasteiger partial charge in [0, 0.05) is 24.1 Å². The van der Waals surface area contributed by atoms with Crippen LogP contribution < -0.4 is 15.8 Å². The molecule has 11 heteroatoms. The smallest absolute Gasteiger partial charge is 0.416 e. The van der Waals surface area contributed by atoms with E-state index in [0.717, 1.165) is 24.3 Å². The molecule has 160 valence electrons. The van der Waals surface area contributed by atoms with E-state index in [1.807, 2.05) is 0 Å². The van der Waals surface area contributed by atoms with Crippen LogP contribution >= 0.6 is 0 Å². The number of methoxy groups -OCH3 is 1. The molecule has 30 heavy (non-hydrogen) atoms. The summed E-state index contributed by atoms with van der Waals surface area (Å²) in [4.78, 5) is 34.4. The maximum atomic E-state index is 12.6. The molecule has 0 unspecified atom stereocenters. The molecule has 0 radical (unpaired) electrons. The van der Waals surface area contributed by atoms with Crippen molar-refractivity contribution in [2.24, 2.45) is 5.73 Å². The molecule has 0 bridgehead atoms. The maximum absolute atomic E-state index is 12.6. The van der Waals surface area contributed by atoms with Gasteiger partial charge in [0.2, 0.25) is 11.8 Å². The van der Waals surface area contributed by atoms with Gasteiger partial charge in [-0.2, -0.15) is 13.2 Å². The van der Waals surface area contributed by atoms with Gasteiger partial charge in [-0.25, -0.2) is 0 Å². The highest BCUT2D eigenvalue weighted by atomic mass is 19.4. The van der Waals surface area contributed by atoms with Gasteiger partial charge in [0.05, 0.1) is 24.0 Å². The van der Waals surface area contributed by atoms with Crippen LogP contribution in [0, 0.1) is 10.1 Å². The number of benzene rings is 2. The first-order chi connectivity index (χ1) is 14.0. The molecule has 0 aliphatic carbocycles. The van der Waals surface area contributed by atoms with Crippen molar-refractivity contribution in [2.45, 2.75) is 25.1 Å². The van der Waals surface area contributed by atoms with Gasteiger partial charge in [-0.3, -0.25) is 19.7 Å². The summed E-state index contributed by atoms with van der Waals surface area (Å²) in [6.45, 7) is 0. The molecule has 2 rings (SSSR count). The monoisotopic (exact) mass is 425 g/mol. The van der Waals surface area contributed by atoms with Crippen LogP contribution in [0.3, 0.4) is 0 Å². The van der Waals surface area contributed by atoms with Gasteiger partial charge in [0.25, 0.3) is 5.69 Å². The second-order valence-corrected chi connectivity index (χ2v) is 6.35. The third-order valence-corrected chi connectivity index (χ3v) is 4.22. The standard InChI is InChI=1S/C19H18F3N3O5/c1-30-16-7-6-14(25(28)29)9-12(16)10-15(18(23)27)24-17(26)8-11-2-4-13(5-3-11)19(20,21)22/h2-7,9,15H,8,10H2,1H3,(H2,23,27)(H,24,26)/t15-/m1/s1. The van der Waals surface area contributed by atoms with Crippen LogP contribution in [-0.4, -0.2) is 29.9 Å². The van der Waals surface area contributed by atoms with E-state index in [9.17, 15) is 32.9 Å². The Labute approximate surface area is 169 Å². The molecule has 0 aliphatic rings. The Morgan fingerprint density at radius 2 is 1.83 bits per heavy atom. The van der Waals surface area contributed by atoms with E-state index < -0.39 is 34.5 Å². The lowest BCUT2D eigenvalue weighted by molar-refractivity contribution is -0.384. The Hall–Kier alpha value is -3.63. The molecular formula is C19H18F3N3O5. The maximum Gasteiger partial charge on any atom is 0.416 e. The van der Waals surface area contributed by atoms with E-state index in [2.05, 4.69) is 5.32 Å². The van der Waals surface area contributed by atoms with E-state index >= 15 is 0 Å². The van der Waals surface area contributed by atoms with Crippen LogP contribution in [0.2, 0.25) is 0 Å². The second-order valence-electron chi connectivity index (χ2n) is 6.35. The van der Waals surface area contributed by atoms with Gasteiger partial charge in [0.15, 0.2) is 0 Å². The fourth-order valence-electron chi connectivity index (χ4n) is 2.72. The van der Waals surface area contributed by atoms with E-state index in [1.165, 1.54) is 25.3 Å². The van der Waals surface area contributed by atoms with Crippen LogP contribution in [0.1, 0.15) is 16.7 Å². The lowest BCUT2D eigenvalue weighted by Crippen LogP contribution is -2.46. The Morgan fingerprint density at radius 1 is 1.20 bits per heavy atom. The number of hydrogen-bond donors (Lipinski definition) is 2. The molecule has 8 nitrogen and oxygen atoms in total. The lowest BCUT2D eigenvalue weighted by Gasteiger charge is -2.17. The molecule has 0 saturated carbocycles. The molecule has 2 amide bonds. The highest BCUT2D eigenvalue weighted by Crippen LogP contribution is 2.29. The zero-order chi connectivity index (χ0) is 22.5. The summed E-state index contributed by atoms with van der Waals surface area (Å²) in [6, 6.07) is 6.60. The van der Waals surface area contributed by atoms with E-state index in [4.69, 9.17) is 10.5 Å². The minimum Gasteiger partial charge on any atom is -0.496 e. The zero-order valence-electron chi connectivity index (χ0n) is 15.7. The fraction of sp³-hybridized carbons (Fsp3) is 0.263. The highest BCUT2D eigenvalue weighted by Gasteiger charge is 2.30. The molecule has 0 aromatic heterocycles. The van der Waals surface area contributed by atoms with Crippen molar-refractivity contribution in [1.82, 2.24) is 5.32 Å². The van der Waals surface area contributed by atoms with Crippen LogP contribution in [0.25, 0.3) is 0 Å². The van der Waals surface area contributed by atoms with Crippen molar-refractivity contribution in [1.29, 1.82) is 0 Å². The van der Waals surface area contributed by atoms with Gasteiger partial charge < -0.3 is 15.8 Å². The number of alkyl halides is 3. The number of primary amides is 1. The quantitative estimate of drug-likeness (QED) is 0.496. The molecule has 0 spiro atoms. The number of nitrogens with two attached hydrogens (primary N) is 1. The number of nitrogens with zero attached hydrogens (tertiary/aromatic N) is 1. The Kier molecular flexibility index (Phi) is 6.98. The first-order valence-corrected chi connectivity index (χ1v) is 8.57. The predicted octanol–water partition coefficient (Wildman–Crippen LogP) is 2.38. The molecule has 0 fully saturated rings. The largest absolute Gasteiger partial charge is 0.496 e. The van der Waals surface area contributed by atoms with E-state index in [0.29, 0.717) is 5.56 Å². The molecule has 0 saturated heterocycles. The van der Waals surface area contributed by atoms with E-state index in [1.54, 1.807) is 0 Å². The van der Waals surface area contributed by atoms with Gasteiger partial charge in [-0.1, -0.05) is 12.1 Å². The lowest BCUT2D eigenvalue weighted by atomic mass is 10.0. The summed E-state index contributed by atoms with van der Waals surface area (Å²) < 4.78 is 42.9. The first kappa shape index (κ1) is 22.7. The summed E-state index contributed by atoms with van der Waals surface area (Å²) in [5.74, 6) is -1.27. The first-order valence-electron chi connectivity index (χ1n) is 8.57. The Bertz CT molecular complexity index is 945. The van der Waals surface area contributed by atoms with Crippen molar-refractivity contribution in [2.75, 3.05) is 7.11 Å². The number of hydrogen-bond acceptors (Lipinski definition) is 5. The molecule has 0 heterocycles. The summed E-state index contributed by atoms with van der Waals surface area (Å²) in [5, 5.41) is 13.4. The fourth-order valence-corrected chi connectivity index (χ4v) is 2.72. The van der Waals surface area contributed by atoms with Gasteiger partial charge >= 0.3 is 6.18 Å². The zero-order valence-corrected chi connectivity index (χ0v) is 15.7. The molecule has 0 aliphatic heterocycles. The number of carbonyl (C=O) groups excluding carboxylic acids is 2. The minimum atomic E-state index is -4.49. The van der Waals surface area contributed by atoms with Gasteiger partial charge in [0.1, 0.15) is 11.8 Å². The average molecular weight is 425 g/mol. The van der Waals surface area contributed by atoms with Crippen molar-refractivity contribution in [3.8, 4) is 5.75 Å². The summed E-state index contributed by atoms with van der Waals surface area (Å²) in [6.07, 6.45) is -4.94. The van der Waals surface area contributed by atoms with Gasteiger partial charge in [-0.15, -0.1) is 0 Å². The number of rotatable bonds is 8. The summed E-state index contributed by atoms with van der Waals surface area (Å²) in [5.41, 5.74) is 4.84. The number of nitro benzene ring substituents is 1. The molecule has 2 aromatic rings. The number of ether oxygens (including phenoxy) is 1. The Morgan fingerprint density at radius 3 is 2.33 bits per heavy atom. The molecular weight excluding hydrogens is 407 g/mol. The molecule has 3 N–H and O–H groups in total. The second kappa shape index (κ2) is 9.25. The predicted molar refractivity (Wildman–Crippen MR) is 99.6 cm³/mol. The van der Waals surface area contributed by atoms with Gasteiger partial charge in [-0.05, 0) is 23.8 Å². The third-order valence-electron chi connectivity index (χ3n) is 4.22. The average Bonchev–Trinajstić information content (AvgIpc) is 2.66. The third kappa shape index (κ3) is 5.93. The Balaban J connectivity index is 2.12. The summed E-state index contributed by atoms with van der Waals surface area (Å²) >= 11 is 0. The minimum absolute atomic E-state index is 0.168. The van der Waals surface area contributed by atoms with Crippen LogP contribution in [0.15, 0.2) is 42.5 Å². The van der Waals surface area contributed by atoms with Crippen molar-refractivity contribution >= 4 is 17.5 Å². The van der Waals surface area contributed by atoms with Crippen LogP contribution in [-0.2, 0) is 28.6 Å². The molecule has 1 atom stereocenters. The normalized spacial score (nSPS) is 12.1. The van der Waals surface area contributed by atoms with E-state index in [-0.39, 0.29) is 29.8 Å². The van der Waals surface area contributed by atoms with Crippen molar-refractivity contribution in [3.63, 3.8) is 0 Å². The van der Waals surface area contributed by atoms with Crippen molar-refractivity contribution in [3.05, 3.63) is 69.3 Å². The number of carbonyl (C=O) groups is 2. The highest BCUT2D eigenvalue weighted by molar-refractivity contribution is 5.87. The van der Waals surface area contributed by atoms with Crippen molar-refractivity contribution < 1.29 is 32.4 Å². The number of non-ortho nitro benzene ring substituents is 1. The number of nitro groups is 1. The molecule has 2 aromatic carbocycles. The number of halogens is 3. The topological polar surface area (TPSA) is 125 Å².